The average molecular weight is 483 g/mol. The predicted octanol–water partition coefficient (Wildman–Crippen LogP) is 3.12. The number of halogens is 2. The summed E-state index contributed by atoms with van der Waals surface area (Å²) >= 11 is 6.03. The summed E-state index contributed by atoms with van der Waals surface area (Å²) in [4.78, 5) is 21.1. The molecule has 0 radical (unpaired) electrons. The van der Waals surface area contributed by atoms with Crippen molar-refractivity contribution in [2.24, 2.45) is 11.1 Å². The zero-order valence-corrected chi connectivity index (χ0v) is 20.0. The average Bonchev–Trinajstić information content (AvgIpc) is 2.71. The molecule has 0 saturated carbocycles. The Hall–Kier alpha value is -2.23. The minimum absolute atomic E-state index is 0.00811. The van der Waals surface area contributed by atoms with Crippen LogP contribution in [0.3, 0.4) is 0 Å². The Morgan fingerprint density at radius 2 is 1.81 bits per heavy atom. The highest BCUT2D eigenvalue weighted by Crippen LogP contribution is 2.26. The van der Waals surface area contributed by atoms with Crippen molar-refractivity contribution in [2.45, 2.75) is 32.2 Å². The van der Waals surface area contributed by atoms with Crippen LogP contribution in [-0.2, 0) is 16.4 Å². The number of nitrogens with zero attached hydrogens (tertiary/aromatic N) is 3. The summed E-state index contributed by atoms with van der Waals surface area (Å²) in [7, 11) is -3.51. The quantitative estimate of drug-likeness (QED) is 0.703. The molecule has 1 aromatic heterocycles. The van der Waals surface area contributed by atoms with E-state index in [1.54, 1.807) is 11.0 Å². The van der Waals surface area contributed by atoms with Gasteiger partial charge in [-0.15, -0.1) is 0 Å². The Kier molecular flexibility index (Phi) is 7.12. The molecule has 0 aliphatic carbocycles. The van der Waals surface area contributed by atoms with E-state index in [1.165, 1.54) is 18.2 Å². The fourth-order valence-corrected chi connectivity index (χ4v) is 5.77. The summed E-state index contributed by atoms with van der Waals surface area (Å²) in [6.45, 7) is 7.46. The maximum Gasteiger partial charge on any atom is 0.255 e. The number of aromatic nitrogens is 1. The van der Waals surface area contributed by atoms with Crippen LogP contribution in [0.4, 0.5) is 10.2 Å². The fourth-order valence-electron chi connectivity index (χ4n) is 3.62. The van der Waals surface area contributed by atoms with Crippen LogP contribution in [0.5, 0.6) is 0 Å². The lowest BCUT2D eigenvalue weighted by atomic mass is 10.0. The molecule has 7 nitrogen and oxygen atoms in total. The highest BCUT2D eigenvalue weighted by atomic mass is 35.5. The second kappa shape index (κ2) is 9.33. The number of carbonyl (C=O) groups is 1. The van der Waals surface area contributed by atoms with Gasteiger partial charge in [-0.2, -0.15) is 0 Å². The van der Waals surface area contributed by atoms with Gasteiger partial charge in [-0.05, 0) is 35.7 Å². The van der Waals surface area contributed by atoms with Crippen LogP contribution in [0, 0.1) is 11.2 Å². The van der Waals surface area contributed by atoms with Crippen LogP contribution in [-0.4, -0.2) is 56.1 Å². The molecule has 10 heteroatoms. The van der Waals surface area contributed by atoms with Crippen LogP contribution in [0.25, 0.3) is 0 Å². The minimum Gasteiger partial charge on any atom is -0.353 e. The molecular weight excluding hydrogens is 455 g/mol. The van der Waals surface area contributed by atoms with E-state index in [2.05, 4.69) is 4.98 Å². The standard InChI is InChI=1S/C22H28ClFN4O3S/c1-22(2,3)14-32(30,31)17-11-16(13-25)26-20(12-17)27-6-8-28(9-7-27)21(29)18-5-4-15(24)10-19(18)23/h4-5,10-12H,6-9,13-14,25H2,1-3H3. The molecule has 1 aromatic carbocycles. The molecule has 32 heavy (non-hydrogen) atoms. The molecule has 2 N–H and O–H groups in total. The topological polar surface area (TPSA) is 96.6 Å². The maximum atomic E-state index is 13.3. The number of benzene rings is 1. The summed E-state index contributed by atoms with van der Waals surface area (Å²) in [5.74, 6) is -0.243. The van der Waals surface area contributed by atoms with Crippen molar-refractivity contribution < 1.29 is 17.6 Å². The highest BCUT2D eigenvalue weighted by Gasteiger charge is 2.28. The molecule has 0 unspecified atom stereocenters. The fraction of sp³-hybridized carbons (Fsp3) is 0.455. The second-order valence-corrected chi connectivity index (χ2v) is 11.5. The van der Waals surface area contributed by atoms with E-state index < -0.39 is 21.1 Å². The van der Waals surface area contributed by atoms with E-state index in [0.29, 0.717) is 37.7 Å². The van der Waals surface area contributed by atoms with Gasteiger partial charge in [-0.25, -0.2) is 17.8 Å². The lowest BCUT2D eigenvalue weighted by molar-refractivity contribution is 0.0746. The number of carbonyl (C=O) groups excluding carboxylic acids is 1. The minimum atomic E-state index is -3.51. The summed E-state index contributed by atoms with van der Waals surface area (Å²) in [6.07, 6.45) is 0. The van der Waals surface area contributed by atoms with Gasteiger partial charge >= 0.3 is 0 Å². The summed E-state index contributed by atoms with van der Waals surface area (Å²) < 4.78 is 39.1. The van der Waals surface area contributed by atoms with Crippen LogP contribution in [0.15, 0.2) is 35.2 Å². The summed E-state index contributed by atoms with van der Waals surface area (Å²) in [5, 5.41) is 0.0726. The van der Waals surface area contributed by atoms with Gasteiger partial charge < -0.3 is 15.5 Å². The number of nitrogens with two attached hydrogens (primary N) is 1. The van der Waals surface area contributed by atoms with Crippen LogP contribution < -0.4 is 10.6 Å². The van der Waals surface area contributed by atoms with Crippen LogP contribution in [0.1, 0.15) is 36.8 Å². The van der Waals surface area contributed by atoms with Crippen molar-refractivity contribution in [3.05, 3.63) is 52.4 Å². The van der Waals surface area contributed by atoms with E-state index >= 15 is 0 Å². The molecule has 0 spiro atoms. The molecule has 1 fully saturated rings. The number of anilines is 1. The van der Waals surface area contributed by atoms with Gasteiger partial charge in [0.15, 0.2) is 9.84 Å². The number of rotatable bonds is 5. The van der Waals surface area contributed by atoms with E-state index in [0.717, 1.165) is 6.07 Å². The lowest BCUT2D eigenvalue weighted by Crippen LogP contribution is -2.49. The third-order valence-corrected chi connectivity index (χ3v) is 7.59. The first-order valence-corrected chi connectivity index (χ1v) is 12.4. The van der Waals surface area contributed by atoms with Crippen molar-refractivity contribution in [3.63, 3.8) is 0 Å². The monoisotopic (exact) mass is 482 g/mol. The zero-order valence-electron chi connectivity index (χ0n) is 18.4. The van der Waals surface area contributed by atoms with E-state index in [-0.39, 0.29) is 33.7 Å². The highest BCUT2D eigenvalue weighted by molar-refractivity contribution is 7.91. The second-order valence-electron chi connectivity index (χ2n) is 9.08. The van der Waals surface area contributed by atoms with Gasteiger partial charge in [0.1, 0.15) is 11.6 Å². The Morgan fingerprint density at radius 1 is 1.16 bits per heavy atom. The third kappa shape index (κ3) is 5.76. The molecule has 1 aliphatic rings. The Morgan fingerprint density at radius 3 is 2.38 bits per heavy atom. The number of piperazine rings is 1. The van der Waals surface area contributed by atoms with Gasteiger partial charge in [0, 0.05) is 32.7 Å². The number of pyridine rings is 1. The molecule has 174 valence electrons. The normalized spacial score (nSPS) is 15.2. The summed E-state index contributed by atoms with van der Waals surface area (Å²) in [5.41, 5.74) is 6.12. The number of sulfone groups is 1. The molecule has 1 aliphatic heterocycles. The largest absolute Gasteiger partial charge is 0.353 e. The van der Waals surface area contributed by atoms with E-state index in [4.69, 9.17) is 17.3 Å². The molecule has 3 rings (SSSR count). The molecule has 2 aromatic rings. The van der Waals surface area contributed by atoms with Crippen molar-refractivity contribution in [1.29, 1.82) is 0 Å². The van der Waals surface area contributed by atoms with Crippen molar-refractivity contribution in [2.75, 3.05) is 36.8 Å². The van der Waals surface area contributed by atoms with Gasteiger partial charge in [-0.1, -0.05) is 32.4 Å². The molecule has 1 amide bonds. The molecule has 0 atom stereocenters. The Balaban J connectivity index is 1.78. The first-order chi connectivity index (χ1) is 14.9. The Bertz CT molecular complexity index is 1110. The van der Waals surface area contributed by atoms with E-state index in [9.17, 15) is 17.6 Å². The first-order valence-electron chi connectivity index (χ1n) is 10.3. The van der Waals surface area contributed by atoms with Crippen LogP contribution in [0.2, 0.25) is 5.02 Å². The van der Waals surface area contributed by atoms with Gasteiger partial charge in [0.05, 0.1) is 26.9 Å². The lowest BCUT2D eigenvalue weighted by Gasteiger charge is -2.36. The maximum absolute atomic E-state index is 13.3. The molecular formula is C22H28ClFN4O3S. The molecule has 1 saturated heterocycles. The van der Waals surface area contributed by atoms with Gasteiger partial charge in [-0.3, -0.25) is 4.79 Å². The smallest absolute Gasteiger partial charge is 0.255 e. The van der Waals surface area contributed by atoms with Crippen molar-refractivity contribution >= 4 is 33.2 Å². The number of amides is 1. The molecule has 2 heterocycles. The number of hydrogen-bond acceptors (Lipinski definition) is 6. The van der Waals surface area contributed by atoms with Gasteiger partial charge in [0.25, 0.3) is 5.91 Å². The van der Waals surface area contributed by atoms with E-state index in [1.807, 2.05) is 25.7 Å². The first kappa shape index (κ1) is 24.4. The third-order valence-electron chi connectivity index (χ3n) is 5.08. The van der Waals surface area contributed by atoms with Crippen LogP contribution >= 0.6 is 11.6 Å². The van der Waals surface area contributed by atoms with Crippen molar-refractivity contribution in [1.82, 2.24) is 9.88 Å². The SMILES string of the molecule is CC(C)(C)CS(=O)(=O)c1cc(CN)nc(N2CCN(C(=O)c3ccc(F)cc3Cl)CC2)c1. The Labute approximate surface area is 193 Å². The zero-order chi connectivity index (χ0) is 23.7. The van der Waals surface area contributed by atoms with Gasteiger partial charge in [0.2, 0.25) is 0 Å². The summed E-state index contributed by atoms with van der Waals surface area (Å²) in [6, 6.07) is 6.81. The predicted molar refractivity (Wildman–Crippen MR) is 123 cm³/mol. The molecule has 0 bridgehead atoms. The van der Waals surface area contributed by atoms with Crippen molar-refractivity contribution in [3.8, 4) is 0 Å². The number of hydrogen-bond donors (Lipinski definition) is 1.